The van der Waals surface area contributed by atoms with Crippen LogP contribution in [-0.2, 0) is 9.59 Å². The van der Waals surface area contributed by atoms with Crippen molar-refractivity contribution in [3.05, 3.63) is 23.8 Å². The number of carbonyl (C=O) groups excluding carboxylic acids is 2. The van der Waals surface area contributed by atoms with Crippen molar-refractivity contribution in [2.75, 3.05) is 24.3 Å². The molecule has 1 saturated heterocycles. The number of ether oxygens (including phenoxy) is 1. The smallest absolute Gasteiger partial charge is 0.337 e. The summed E-state index contributed by atoms with van der Waals surface area (Å²) in [6.45, 7) is 1.91. The van der Waals surface area contributed by atoms with Crippen LogP contribution in [0.4, 0.5) is 5.69 Å². The van der Waals surface area contributed by atoms with Crippen LogP contribution in [0.25, 0.3) is 0 Å². The summed E-state index contributed by atoms with van der Waals surface area (Å²) < 4.78 is 5.03. The third kappa shape index (κ3) is 3.59. The van der Waals surface area contributed by atoms with E-state index < -0.39 is 5.97 Å². The number of thioether (sulfide) groups is 1. The minimum atomic E-state index is -1.11. The van der Waals surface area contributed by atoms with Gasteiger partial charge in [-0.25, -0.2) is 4.79 Å². The Bertz CT molecular complexity index is 616. The van der Waals surface area contributed by atoms with Crippen molar-refractivity contribution >= 4 is 34.4 Å². The van der Waals surface area contributed by atoms with Crippen LogP contribution in [0, 0.1) is 5.92 Å². The maximum atomic E-state index is 12.2. The zero-order valence-electron chi connectivity index (χ0n) is 12.4. The molecule has 0 spiro atoms. The number of anilines is 1. The van der Waals surface area contributed by atoms with Crippen LogP contribution in [0.5, 0.6) is 5.75 Å². The maximum absolute atomic E-state index is 12.2. The van der Waals surface area contributed by atoms with E-state index in [0.717, 1.165) is 0 Å². The highest BCUT2D eigenvalue weighted by atomic mass is 32.2. The lowest BCUT2D eigenvalue weighted by atomic mass is 10.1. The van der Waals surface area contributed by atoms with Crippen LogP contribution in [0.1, 0.15) is 23.7 Å². The Morgan fingerprint density at radius 3 is 2.77 bits per heavy atom. The van der Waals surface area contributed by atoms with Gasteiger partial charge in [0, 0.05) is 25.6 Å². The number of hydrogen-bond acceptors (Lipinski definition) is 5. The number of carboxylic acid groups (broad SMARTS) is 1. The predicted octanol–water partition coefficient (Wildman–Crippen LogP) is 2.03. The van der Waals surface area contributed by atoms with E-state index >= 15 is 0 Å². The Balaban J connectivity index is 2.22. The first-order chi connectivity index (χ1) is 10.4. The number of rotatable bonds is 5. The number of amides is 1. The monoisotopic (exact) mass is 323 g/mol. The van der Waals surface area contributed by atoms with Crippen LogP contribution in [-0.4, -0.2) is 41.5 Å². The van der Waals surface area contributed by atoms with Crippen LogP contribution >= 0.6 is 11.8 Å². The molecule has 118 valence electrons. The van der Waals surface area contributed by atoms with Gasteiger partial charge in [0.1, 0.15) is 5.75 Å². The Labute approximate surface area is 132 Å². The van der Waals surface area contributed by atoms with Gasteiger partial charge in [-0.1, -0.05) is 11.8 Å². The van der Waals surface area contributed by atoms with E-state index in [4.69, 9.17) is 4.74 Å². The number of carboxylic acids is 1. The van der Waals surface area contributed by atoms with Crippen LogP contribution in [0.2, 0.25) is 0 Å². The topological polar surface area (TPSA) is 83.9 Å². The summed E-state index contributed by atoms with van der Waals surface area (Å²) in [5.74, 6) is -0.192. The quantitative estimate of drug-likeness (QED) is 0.892. The summed E-state index contributed by atoms with van der Waals surface area (Å²) in [6.07, 6.45) is 0.325. The standard InChI is InChI=1S/C15H17NO5S/c1-9(17)22-8-10-5-14(18)16(7-10)13-4-3-11(21-2)6-12(13)15(19)20/h3-4,6,10H,5,7-8H2,1-2H3,(H,19,20). The van der Waals surface area contributed by atoms with Crippen molar-refractivity contribution in [3.63, 3.8) is 0 Å². The van der Waals surface area contributed by atoms with Crippen LogP contribution in [0.15, 0.2) is 18.2 Å². The van der Waals surface area contributed by atoms with Crippen molar-refractivity contribution in [3.8, 4) is 5.75 Å². The largest absolute Gasteiger partial charge is 0.497 e. The molecule has 7 heteroatoms. The lowest BCUT2D eigenvalue weighted by molar-refractivity contribution is -0.117. The van der Waals surface area contributed by atoms with Crippen LogP contribution < -0.4 is 9.64 Å². The molecule has 1 heterocycles. The first-order valence-corrected chi connectivity index (χ1v) is 7.76. The fraction of sp³-hybridized carbons (Fsp3) is 0.400. The first kappa shape index (κ1) is 16.4. The minimum absolute atomic E-state index is 0.0153. The number of carbonyl (C=O) groups is 3. The molecule has 0 saturated carbocycles. The molecule has 0 aromatic heterocycles. The highest BCUT2D eigenvalue weighted by Crippen LogP contribution is 2.32. The van der Waals surface area contributed by atoms with Crippen molar-refractivity contribution in [2.24, 2.45) is 5.92 Å². The molecule has 1 unspecified atom stereocenters. The Morgan fingerprint density at radius 2 is 2.18 bits per heavy atom. The second-order valence-electron chi connectivity index (χ2n) is 5.07. The molecule has 22 heavy (non-hydrogen) atoms. The van der Waals surface area contributed by atoms with Crippen molar-refractivity contribution in [2.45, 2.75) is 13.3 Å². The average Bonchev–Trinajstić information content (AvgIpc) is 2.85. The molecule has 0 bridgehead atoms. The lowest BCUT2D eigenvalue weighted by Crippen LogP contribution is -2.26. The van der Waals surface area contributed by atoms with E-state index in [1.807, 2.05) is 0 Å². The predicted molar refractivity (Wildman–Crippen MR) is 83.6 cm³/mol. The number of benzene rings is 1. The van der Waals surface area contributed by atoms with E-state index in [1.54, 1.807) is 12.1 Å². The van der Waals surface area contributed by atoms with Gasteiger partial charge in [0.15, 0.2) is 5.12 Å². The molecule has 1 aromatic rings. The second-order valence-corrected chi connectivity index (χ2v) is 6.26. The summed E-state index contributed by atoms with van der Waals surface area (Å²) in [6, 6.07) is 4.62. The zero-order chi connectivity index (χ0) is 16.3. The van der Waals surface area contributed by atoms with Gasteiger partial charge in [-0.3, -0.25) is 9.59 Å². The van der Waals surface area contributed by atoms with Gasteiger partial charge >= 0.3 is 5.97 Å². The molecule has 1 aliphatic rings. The molecule has 0 radical (unpaired) electrons. The van der Waals surface area contributed by atoms with E-state index in [2.05, 4.69) is 0 Å². The molecule has 1 N–H and O–H groups in total. The van der Waals surface area contributed by atoms with E-state index in [0.29, 0.717) is 30.2 Å². The average molecular weight is 323 g/mol. The fourth-order valence-corrected chi connectivity index (χ4v) is 3.10. The number of methoxy groups -OCH3 is 1. The second kappa shape index (κ2) is 6.83. The molecule has 2 rings (SSSR count). The highest BCUT2D eigenvalue weighted by molar-refractivity contribution is 8.13. The molecule has 1 aromatic carbocycles. The summed E-state index contributed by atoms with van der Waals surface area (Å²) in [5.41, 5.74) is 0.404. The van der Waals surface area contributed by atoms with E-state index in [9.17, 15) is 19.5 Å². The third-order valence-electron chi connectivity index (χ3n) is 3.45. The van der Waals surface area contributed by atoms with Crippen molar-refractivity contribution in [1.82, 2.24) is 0 Å². The summed E-state index contributed by atoms with van der Waals surface area (Å²) in [7, 11) is 1.46. The Kier molecular flexibility index (Phi) is 5.07. The highest BCUT2D eigenvalue weighted by Gasteiger charge is 2.33. The van der Waals surface area contributed by atoms with Gasteiger partial charge in [-0.15, -0.1) is 0 Å². The van der Waals surface area contributed by atoms with Gasteiger partial charge in [-0.2, -0.15) is 0 Å². The van der Waals surface area contributed by atoms with Gasteiger partial charge in [-0.05, 0) is 24.1 Å². The van der Waals surface area contributed by atoms with E-state index in [1.165, 1.54) is 36.8 Å². The summed E-state index contributed by atoms with van der Waals surface area (Å²) in [4.78, 5) is 36.1. The van der Waals surface area contributed by atoms with Gasteiger partial charge < -0.3 is 14.7 Å². The van der Waals surface area contributed by atoms with Crippen molar-refractivity contribution < 1.29 is 24.2 Å². The molecular formula is C15H17NO5S. The SMILES string of the molecule is COc1ccc(N2CC(CSC(C)=O)CC2=O)c(C(=O)O)c1. The van der Waals surface area contributed by atoms with Crippen molar-refractivity contribution in [1.29, 1.82) is 0 Å². The van der Waals surface area contributed by atoms with Gasteiger partial charge in [0.25, 0.3) is 0 Å². The molecule has 0 aliphatic carbocycles. The van der Waals surface area contributed by atoms with Gasteiger partial charge in [0.05, 0.1) is 18.4 Å². The number of aromatic carboxylic acids is 1. The third-order valence-corrected chi connectivity index (χ3v) is 4.50. The Hall–Kier alpha value is -2.02. The maximum Gasteiger partial charge on any atom is 0.337 e. The number of nitrogens with zero attached hydrogens (tertiary/aromatic N) is 1. The van der Waals surface area contributed by atoms with E-state index in [-0.39, 0.29) is 22.5 Å². The summed E-state index contributed by atoms with van der Waals surface area (Å²) >= 11 is 1.19. The van der Waals surface area contributed by atoms with Gasteiger partial charge in [0.2, 0.25) is 5.91 Å². The first-order valence-electron chi connectivity index (χ1n) is 6.77. The number of hydrogen-bond donors (Lipinski definition) is 1. The summed E-state index contributed by atoms with van der Waals surface area (Å²) in [5, 5.41) is 9.35. The zero-order valence-corrected chi connectivity index (χ0v) is 13.2. The molecule has 1 fully saturated rings. The molecule has 6 nitrogen and oxygen atoms in total. The minimum Gasteiger partial charge on any atom is -0.497 e. The Morgan fingerprint density at radius 1 is 1.45 bits per heavy atom. The van der Waals surface area contributed by atoms with Crippen LogP contribution in [0.3, 0.4) is 0 Å². The molecule has 1 atom stereocenters. The molecule has 1 amide bonds. The normalized spacial score (nSPS) is 17.6. The lowest BCUT2D eigenvalue weighted by Gasteiger charge is -2.19. The molecular weight excluding hydrogens is 306 g/mol. The fourth-order valence-electron chi connectivity index (χ4n) is 2.41. The molecule has 1 aliphatic heterocycles.